The van der Waals surface area contributed by atoms with Gasteiger partial charge in [0.25, 0.3) is 0 Å². The number of hydrogen-bond acceptors (Lipinski definition) is 5. The first-order valence-corrected chi connectivity index (χ1v) is 21.4. The van der Waals surface area contributed by atoms with Gasteiger partial charge in [0.15, 0.2) is 6.10 Å². The van der Waals surface area contributed by atoms with Crippen LogP contribution in [0.2, 0.25) is 0 Å². The molecule has 0 aliphatic heterocycles. The normalized spacial score (nSPS) is 13.3. The Hall–Kier alpha value is -3.44. The Bertz CT molecular complexity index is 1120. The fourth-order valence-electron chi connectivity index (χ4n) is 5.19. The summed E-state index contributed by atoms with van der Waals surface area (Å²) in [6.45, 7) is 7.41. The van der Waals surface area contributed by atoms with E-state index in [1.165, 1.54) is 25.7 Å². The third-order valence-electron chi connectivity index (χ3n) is 8.32. The number of allylic oxidation sites excluding steroid dienone is 18. The molecule has 0 rings (SSSR count). The lowest BCUT2D eigenvalue weighted by atomic mass is 10.1. The van der Waals surface area contributed by atoms with Crippen LogP contribution in [0.5, 0.6) is 0 Å². The summed E-state index contributed by atoms with van der Waals surface area (Å²) in [6, 6.07) is 0. The molecule has 0 aromatic rings. The molecule has 1 atom stereocenters. The molecule has 0 saturated carbocycles. The maximum Gasteiger partial charge on any atom is 0.306 e. The van der Waals surface area contributed by atoms with Crippen LogP contribution in [0.3, 0.4) is 0 Å². The highest BCUT2D eigenvalue weighted by atomic mass is 16.6. The summed E-state index contributed by atoms with van der Waals surface area (Å²) in [6.07, 6.45) is 59.7. The van der Waals surface area contributed by atoms with Crippen molar-refractivity contribution >= 4 is 11.9 Å². The lowest BCUT2D eigenvalue weighted by Gasteiger charge is -2.18. The first-order chi connectivity index (χ1) is 26.6. The zero-order valence-corrected chi connectivity index (χ0v) is 34.7. The van der Waals surface area contributed by atoms with Crippen molar-refractivity contribution in [3.8, 4) is 0 Å². The summed E-state index contributed by atoms with van der Waals surface area (Å²) in [7, 11) is 0. The minimum atomic E-state index is -0.583. The van der Waals surface area contributed by atoms with E-state index in [-0.39, 0.29) is 25.2 Å². The van der Waals surface area contributed by atoms with Gasteiger partial charge in [-0.3, -0.25) is 9.59 Å². The Morgan fingerprint density at radius 3 is 1.39 bits per heavy atom. The average molecular weight is 747 g/mol. The van der Waals surface area contributed by atoms with Crippen molar-refractivity contribution in [2.45, 2.75) is 168 Å². The predicted octanol–water partition coefficient (Wildman–Crippen LogP) is 14.1. The Balaban J connectivity index is 4.33. The van der Waals surface area contributed by atoms with Crippen molar-refractivity contribution in [2.75, 3.05) is 19.8 Å². The molecule has 0 amide bonds. The third-order valence-corrected chi connectivity index (χ3v) is 8.32. The highest BCUT2D eigenvalue weighted by molar-refractivity contribution is 5.70. The molecule has 0 aliphatic rings. The maximum absolute atomic E-state index is 12.6. The van der Waals surface area contributed by atoms with E-state index in [1.807, 2.05) is 6.08 Å². The van der Waals surface area contributed by atoms with Gasteiger partial charge in [-0.2, -0.15) is 0 Å². The minimum absolute atomic E-state index is 0.0267. The molecule has 0 aromatic carbocycles. The summed E-state index contributed by atoms with van der Waals surface area (Å²) in [4.78, 5) is 25.1. The molecule has 0 bridgehead atoms. The SMILES string of the molecule is CC/C=C\C/C=C\C/C=C\C/C=C\C/C=C\C/C=C\CCC(=O)OCC(COCCCCCCCC)OC(=O)CCCCC/C=C\C/C=C\C/C=C\CC. The van der Waals surface area contributed by atoms with Crippen molar-refractivity contribution in [3.63, 3.8) is 0 Å². The van der Waals surface area contributed by atoms with Gasteiger partial charge in [0.05, 0.1) is 6.61 Å². The van der Waals surface area contributed by atoms with E-state index in [0.29, 0.717) is 25.9 Å². The van der Waals surface area contributed by atoms with Crippen molar-refractivity contribution in [2.24, 2.45) is 0 Å². The summed E-state index contributed by atoms with van der Waals surface area (Å²) in [5, 5.41) is 0. The van der Waals surface area contributed by atoms with Gasteiger partial charge >= 0.3 is 11.9 Å². The van der Waals surface area contributed by atoms with Gasteiger partial charge in [0.1, 0.15) is 6.61 Å². The lowest BCUT2D eigenvalue weighted by molar-refractivity contribution is -0.162. The predicted molar refractivity (Wildman–Crippen MR) is 233 cm³/mol. The smallest absolute Gasteiger partial charge is 0.306 e. The number of carbonyl (C=O) groups is 2. The van der Waals surface area contributed by atoms with Gasteiger partial charge in [-0.25, -0.2) is 0 Å². The van der Waals surface area contributed by atoms with Crippen LogP contribution in [-0.4, -0.2) is 37.9 Å². The molecule has 0 N–H and O–H groups in total. The largest absolute Gasteiger partial charge is 0.462 e. The fraction of sp³-hybridized carbons (Fsp3) is 0.592. The topological polar surface area (TPSA) is 61.8 Å². The number of hydrogen-bond donors (Lipinski definition) is 0. The third kappa shape index (κ3) is 41.3. The summed E-state index contributed by atoms with van der Waals surface area (Å²) in [5.41, 5.74) is 0. The quantitative estimate of drug-likeness (QED) is 0.0360. The number of unbranched alkanes of at least 4 members (excludes halogenated alkanes) is 8. The monoisotopic (exact) mass is 747 g/mol. The number of rotatable bonds is 37. The van der Waals surface area contributed by atoms with Gasteiger partial charge in [0, 0.05) is 19.4 Å². The van der Waals surface area contributed by atoms with E-state index >= 15 is 0 Å². The zero-order valence-electron chi connectivity index (χ0n) is 34.7. The molecule has 5 heteroatoms. The number of ether oxygens (including phenoxy) is 3. The molecule has 5 nitrogen and oxygen atoms in total. The highest BCUT2D eigenvalue weighted by Gasteiger charge is 2.17. The number of carbonyl (C=O) groups excluding carboxylic acids is 2. The first-order valence-electron chi connectivity index (χ1n) is 21.4. The van der Waals surface area contributed by atoms with Crippen LogP contribution < -0.4 is 0 Å². The molecule has 0 radical (unpaired) electrons. The Labute approximate surface area is 332 Å². The standard InChI is InChI=1S/C49H78O5/c1-4-7-10-13-16-18-20-22-23-24-25-26-27-29-30-32-34-36-39-42-48(50)53-46-47(45-52-44-41-38-15-12-9-6-3)54-49(51)43-40-37-35-33-31-28-21-19-17-14-11-8-5-2/h7-8,10-11,16-19,22-23,25-26,28-31,34,36,47H,4-6,9,12-15,20-21,24,27,32-33,35,37-46H2,1-3H3/b10-7-,11-8-,18-16-,19-17-,23-22-,26-25-,30-29-,31-28-,36-34-. The van der Waals surface area contributed by atoms with Crippen molar-refractivity contribution in [1.82, 2.24) is 0 Å². The lowest BCUT2D eigenvalue weighted by Crippen LogP contribution is -2.30. The van der Waals surface area contributed by atoms with Crippen LogP contribution >= 0.6 is 0 Å². The second-order valence-corrected chi connectivity index (χ2v) is 13.5. The maximum atomic E-state index is 12.6. The van der Waals surface area contributed by atoms with E-state index in [2.05, 4.69) is 124 Å². The Morgan fingerprint density at radius 1 is 0.426 bits per heavy atom. The van der Waals surface area contributed by atoms with Crippen LogP contribution in [0.15, 0.2) is 109 Å². The second-order valence-electron chi connectivity index (χ2n) is 13.5. The van der Waals surface area contributed by atoms with Crippen molar-refractivity contribution < 1.29 is 23.8 Å². The van der Waals surface area contributed by atoms with Crippen LogP contribution in [-0.2, 0) is 23.8 Å². The van der Waals surface area contributed by atoms with Gasteiger partial charge in [-0.1, -0.05) is 169 Å². The van der Waals surface area contributed by atoms with Gasteiger partial charge in [-0.05, 0) is 89.9 Å². The zero-order chi connectivity index (χ0) is 39.3. The van der Waals surface area contributed by atoms with E-state index in [1.54, 1.807) is 0 Å². The van der Waals surface area contributed by atoms with Gasteiger partial charge in [0.2, 0.25) is 0 Å². The van der Waals surface area contributed by atoms with Crippen LogP contribution in [0, 0.1) is 0 Å². The van der Waals surface area contributed by atoms with E-state index in [9.17, 15) is 9.59 Å². The molecular formula is C49H78O5. The Morgan fingerprint density at radius 2 is 0.870 bits per heavy atom. The van der Waals surface area contributed by atoms with Crippen LogP contribution in [0.1, 0.15) is 162 Å². The summed E-state index contributed by atoms with van der Waals surface area (Å²) < 4.78 is 17.1. The molecule has 0 heterocycles. The second kappa shape index (κ2) is 44.0. The Kier molecular flexibility index (Phi) is 41.2. The fourth-order valence-corrected chi connectivity index (χ4v) is 5.19. The van der Waals surface area contributed by atoms with E-state index < -0.39 is 6.10 Å². The minimum Gasteiger partial charge on any atom is -0.462 e. The molecule has 0 aromatic heterocycles. The van der Waals surface area contributed by atoms with E-state index in [4.69, 9.17) is 14.2 Å². The summed E-state index contributed by atoms with van der Waals surface area (Å²) in [5.74, 6) is -0.543. The average Bonchev–Trinajstić information content (AvgIpc) is 3.17. The first kappa shape index (κ1) is 50.6. The van der Waals surface area contributed by atoms with Crippen molar-refractivity contribution in [1.29, 1.82) is 0 Å². The molecule has 1 unspecified atom stereocenters. The molecule has 0 fully saturated rings. The summed E-state index contributed by atoms with van der Waals surface area (Å²) >= 11 is 0. The van der Waals surface area contributed by atoms with Crippen LogP contribution in [0.25, 0.3) is 0 Å². The van der Waals surface area contributed by atoms with Gasteiger partial charge < -0.3 is 14.2 Å². The van der Waals surface area contributed by atoms with Crippen LogP contribution in [0.4, 0.5) is 0 Å². The van der Waals surface area contributed by atoms with Gasteiger partial charge in [-0.15, -0.1) is 0 Å². The van der Waals surface area contributed by atoms with E-state index in [0.717, 1.165) is 96.3 Å². The molecular weight excluding hydrogens is 669 g/mol. The molecule has 0 aliphatic carbocycles. The molecule has 0 spiro atoms. The van der Waals surface area contributed by atoms with Crippen molar-refractivity contribution in [3.05, 3.63) is 109 Å². The highest BCUT2D eigenvalue weighted by Crippen LogP contribution is 2.09. The molecule has 54 heavy (non-hydrogen) atoms. The number of esters is 2. The molecule has 0 saturated heterocycles. The molecule has 304 valence electrons.